The van der Waals surface area contributed by atoms with Crippen LogP contribution in [0.25, 0.3) is 0 Å². The van der Waals surface area contributed by atoms with Gasteiger partial charge in [0.2, 0.25) is 5.88 Å². The molecule has 0 spiro atoms. The van der Waals surface area contributed by atoms with Gasteiger partial charge in [-0.1, -0.05) is 12.1 Å². The molecule has 0 fully saturated rings. The Labute approximate surface area is 104 Å². The zero-order valence-corrected chi connectivity index (χ0v) is 10.1. The molecule has 1 heterocycles. The number of nitrogens with two attached hydrogens (primary N) is 1. The highest BCUT2D eigenvalue weighted by Crippen LogP contribution is 2.32. The first kappa shape index (κ1) is 12.1. The second kappa shape index (κ2) is 4.87. The van der Waals surface area contributed by atoms with Gasteiger partial charge in [-0.15, -0.1) is 0 Å². The summed E-state index contributed by atoms with van der Waals surface area (Å²) >= 11 is 0. The van der Waals surface area contributed by atoms with Gasteiger partial charge in [0, 0.05) is 7.05 Å². The SMILES string of the molecule is COc1ncnc(N(C)c2ccccc2F)c1N. The van der Waals surface area contributed by atoms with Crippen LogP contribution in [0.15, 0.2) is 30.6 Å². The highest BCUT2D eigenvalue weighted by atomic mass is 19.1. The number of para-hydroxylation sites is 1. The number of hydrogen-bond donors (Lipinski definition) is 1. The van der Waals surface area contributed by atoms with Crippen molar-refractivity contribution in [1.29, 1.82) is 0 Å². The van der Waals surface area contributed by atoms with E-state index in [1.54, 1.807) is 30.1 Å². The van der Waals surface area contributed by atoms with Crippen molar-refractivity contribution in [2.75, 3.05) is 24.8 Å². The number of halogens is 1. The molecule has 94 valence electrons. The molecule has 2 N–H and O–H groups in total. The van der Waals surface area contributed by atoms with Gasteiger partial charge in [-0.25, -0.2) is 9.37 Å². The summed E-state index contributed by atoms with van der Waals surface area (Å²) in [6, 6.07) is 6.38. The second-order valence-electron chi connectivity index (χ2n) is 3.63. The Bertz CT molecular complexity index is 562. The van der Waals surface area contributed by atoms with Gasteiger partial charge in [-0.05, 0) is 12.1 Å². The monoisotopic (exact) mass is 248 g/mol. The minimum absolute atomic E-state index is 0.267. The highest BCUT2D eigenvalue weighted by Gasteiger charge is 2.16. The molecule has 0 bridgehead atoms. The number of nitrogen functional groups attached to an aromatic ring is 1. The van der Waals surface area contributed by atoms with Crippen molar-refractivity contribution in [3.05, 3.63) is 36.4 Å². The van der Waals surface area contributed by atoms with E-state index in [2.05, 4.69) is 9.97 Å². The molecule has 0 atom stereocenters. The molecule has 1 aromatic carbocycles. The molecule has 2 rings (SSSR count). The number of methoxy groups -OCH3 is 1. The lowest BCUT2D eigenvalue weighted by molar-refractivity contribution is 0.399. The van der Waals surface area contributed by atoms with E-state index in [9.17, 15) is 4.39 Å². The van der Waals surface area contributed by atoms with Gasteiger partial charge in [0.1, 0.15) is 17.8 Å². The van der Waals surface area contributed by atoms with Gasteiger partial charge in [-0.2, -0.15) is 4.98 Å². The Morgan fingerprint density at radius 3 is 2.67 bits per heavy atom. The van der Waals surface area contributed by atoms with Crippen LogP contribution >= 0.6 is 0 Å². The molecular weight excluding hydrogens is 235 g/mol. The fourth-order valence-electron chi connectivity index (χ4n) is 1.64. The molecule has 6 heteroatoms. The molecule has 0 saturated heterocycles. The van der Waals surface area contributed by atoms with Gasteiger partial charge in [0.05, 0.1) is 12.8 Å². The second-order valence-corrected chi connectivity index (χ2v) is 3.63. The molecule has 0 aliphatic carbocycles. The quantitative estimate of drug-likeness (QED) is 0.899. The lowest BCUT2D eigenvalue weighted by Crippen LogP contribution is -2.15. The highest BCUT2D eigenvalue weighted by molar-refractivity contribution is 5.73. The minimum atomic E-state index is -0.350. The lowest BCUT2D eigenvalue weighted by atomic mass is 10.2. The molecule has 1 aromatic heterocycles. The van der Waals surface area contributed by atoms with Gasteiger partial charge in [-0.3, -0.25) is 0 Å². The van der Waals surface area contributed by atoms with E-state index < -0.39 is 0 Å². The first-order valence-corrected chi connectivity index (χ1v) is 5.28. The van der Waals surface area contributed by atoms with E-state index in [0.717, 1.165) is 0 Å². The summed E-state index contributed by atoms with van der Waals surface area (Å²) in [5.74, 6) is 0.312. The molecule has 0 radical (unpaired) electrons. The summed E-state index contributed by atoms with van der Waals surface area (Å²) in [4.78, 5) is 9.48. The molecule has 0 saturated carbocycles. The Morgan fingerprint density at radius 1 is 1.28 bits per heavy atom. The van der Waals surface area contributed by atoms with E-state index in [0.29, 0.717) is 11.5 Å². The van der Waals surface area contributed by atoms with Crippen molar-refractivity contribution in [2.24, 2.45) is 0 Å². The van der Waals surface area contributed by atoms with E-state index in [4.69, 9.17) is 10.5 Å². The number of aromatic nitrogens is 2. The van der Waals surface area contributed by atoms with Crippen molar-refractivity contribution in [3.63, 3.8) is 0 Å². The minimum Gasteiger partial charge on any atom is -0.479 e. The van der Waals surface area contributed by atoms with Crippen LogP contribution in [0.5, 0.6) is 5.88 Å². The maximum absolute atomic E-state index is 13.7. The van der Waals surface area contributed by atoms with E-state index in [1.807, 2.05) is 0 Å². The van der Waals surface area contributed by atoms with E-state index in [-0.39, 0.29) is 17.4 Å². The van der Waals surface area contributed by atoms with Gasteiger partial charge in [0.25, 0.3) is 0 Å². The molecule has 0 unspecified atom stereocenters. The summed E-state index contributed by atoms with van der Waals surface area (Å²) in [6.07, 6.45) is 1.32. The summed E-state index contributed by atoms with van der Waals surface area (Å²) in [5, 5.41) is 0. The zero-order valence-electron chi connectivity index (χ0n) is 10.1. The van der Waals surface area contributed by atoms with Crippen LogP contribution in [0.2, 0.25) is 0 Å². The number of rotatable bonds is 3. The summed E-state index contributed by atoms with van der Waals surface area (Å²) in [7, 11) is 3.14. The first-order chi connectivity index (χ1) is 8.65. The van der Waals surface area contributed by atoms with Crippen molar-refractivity contribution in [2.45, 2.75) is 0 Å². The average Bonchev–Trinajstić information content (AvgIpc) is 2.39. The van der Waals surface area contributed by atoms with Gasteiger partial charge < -0.3 is 15.4 Å². The smallest absolute Gasteiger partial charge is 0.242 e. The summed E-state index contributed by atoms with van der Waals surface area (Å²) < 4.78 is 18.7. The van der Waals surface area contributed by atoms with Crippen LogP contribution < -0.4 is 15.4 Å². The summed E-state index contributed by atoms with van der Waals surface area (Å²) in [6.45, 7) is 0. The zero-order chi connectivity index (χ0) is 13.1. The first-order valence-electron chi connectivity index (χ1n) is 5.28. The molecule has 18 heavy (non-hydrogen) atoms. The number of ether oxygens (including phenoxy) is 1. The maximum Gasteiger partial charge on any atom is 0.242 e. The molecule has 0 amide bonds. The predicted octanol–water partition coefficient (Wildman–Crippen LogP) is 1.97. The molecular formula is C12H13FN4O. The van der Waals surface area contributed by atoms with Crippen LogP contribution in [0, 0.1) is 5.82 Å². The Morgan fingerprint density at radius 2 is 2.00 bits per heavy atom. The Balaban J connectivity index is 2.47. The number of nitrogens with zero attached hydrogens (tertiary/aromatic N) is 3. The third-order valence-electron chi connectivity index (χ3n) is 2.55. The molecule has 0 aliphatic rings. The number of benzene rings is 1. The van der Waals surface area contributed by atoms with Crippen molar-refractivity contribution < 1.29 is 9.13 Å². The molecule has 2 aromatic rings. The third-order valence-corrected chi connectivity index (χ3v) is 2.55. The van der Waals surface area contributed by atoms with E-state index >= 15 is 0 Å². The fraction of sp³-hybridized carbons (Fsp3) is 0.167. The van der Waals surface area contributed by atoms with E-state index in [1.165, 1.54) is 19.5 Å². The normalized spacial score (nSPS) is 10.2. The maximum atomic E-state index is 13.7. The Hall–Kier alpha value is -2.37. The number of anilines is 3. The van der Waals surface area contributed by atoms with Crippen molar-refractivity contribution in [1.82, 2.24) is 9.97 Å². The summed E-state index contributed by atoms with van der Waals surface area (Å²) in [5.41, 5.74) is 6.52. The standard InChI is InChI=1S/C12H13FN4O/c1-17(9-6-4-3-5-8(9)13)11-10(14)12(18-2)16-7-15-11/h3-7H,14H2,1-2H3. The van der Waals surface area contributed by atoms with Crippen LogP contribution in [-0.2, 0) is 0 Å². The van der Waals surface area contributed by atoms with Crippen molar-refractivity contribution >= 4 is 17.2 Å². The van der Waals surface area contributed by atoms with Crippen molar-refractivity contribution in [3.8, 4) is 5.88 Å². The lowest BCUT2D eigenvalue weighted by Gasteiger charge is -2.20. The topological polar surface area (TPSA) is 64.3 Å². The Kier molecular flexibility index (Phi) is 3.27. The van der Waals surface area contributed by atoms with Crippen LogP contribution in [0.4, 0.5) is 21.6 Å². The fourth-order valence-corrected chi connectivity index (χ4v) is 1.64. The largest absolute Gasteiger partial charge is 0.479 e. The average molecular weight is 248 g/mol. The van der Waals surface area contributed by atoms with Crippen LogP contribution in [-0.4, -0.2) is 24.1 Å². The third kappa shape index (κ3) is 2.04. The molecule has 5 nitrogen and oxygen atoms in total. The van der Waals surface area contributed by atoms with Crippen LogP contribution in [0.1, 0.15) is 0 Å². The van der Waals surface area contributed by atoms with Gasteiger partial charge >= 0.3 is 0 Å². The van der Waals surface area contributed by atoms with Crippen LogP contribution in [0.3, 0.4) is 0 Å². The van der Waals surface area contributed by atoms with Gasteiger partial charge in [0.15, 0.2) is 5.82 Å². The molecule has 0 aliphatic heterocycles. The predicted molar refractivity (Wildman–Crippen MR) is 67.5 cm³/mol. The number of hydrogen-bond acceptors (Lipinski definition) is 5.